The van der Waals surface area contributed by atoms with Gasteiger partial charge in [0.1, 0.15) is 11.5 Å². The molecule has 0 heterocycles. The van der Waals surface area contributed by atoms with Gasteiger partial charge in [-0.3, -0.25) is 9.59 Å². The van der Waals surface area contributed by atoms with Crippen molar-refractivity contribution in [3.63, 3.8) is 0 Å². The zero-order chi connectivity index (χ0) is 20.9. The fourth-order valence-corrected chi connectivity index (χ4v) is 2.81. The standard InChI is InChI=1S/C21H25ClN2O4/c1-21(2,3)24-20(26)13-6-8-18(28-5)16(11-13)23-19(25)12-14-10-15(22)7-9-17(14)27-4/h6-11H,12H2,1-5H3,(H,23,25)(H,24,26). The van der Waals surface area contributed by atoms with E-state index < -0.39 is 0 Å². The van der Waals surface area contributed by atoms with Crippen LogP contribution in [0.2, 0.25) is 5.02 Å². The summed E-state index contributed by atoms with van der Waals surface area (Å²) in [6.45, 7) is 5.69. The molecule has 0 aliphatic carbocycles. The maximum atomic E-state index is 12.6. The van der Waals surface area contributed by atoms with Crippen molar-refractivity contribution in [2.45, 2.75) is 32.7 Å². The Labute approximate surface area is 170 Å². The van der Waals surface area contributed by atoms with E-state index in [1.807, 2.05) is 20.8 Å². The summed E-state index contributed by atoms with van der Waals surface area (Å²) < 4.78 is 10.6. The van der Waals surface area contributed by atoms with E-state index in [0.29, 0.717) is 33.3 Å². The zero-order valence-corrected chi connectivity index (χ0v) is 17.4. The van der Waals surface area contributed by atoms with Crippen molar-refractivity contribution < 1.29 is 19.1 Å². The fourth-order valence-electron chi connectivity index (χ4n) is 2.61. The molecule has 7 heteroatoms. The quantitative estimate of drug-likeness (QED) is 0.760. The van der Waals surface area contributed by atoms with E-state index >= 15 is 0 Å². The maximum Gasteiger partial charge on any atom is 0.251 e. The topological polar surface area (TPSA) is 76.7 Å². The third-order valence-corrected chi connectivity index (χ3v) is 4.05. The average molecular weight is 405 g/mol. The Morgan fingerprint density at radius 3 is 2.25 bits per heavy atom. The van der Waals surface area contributed by atoms with Gasteiger partial charge in [-0.2, -0.15) is 0 Å². The maximum absolute atomic E-state index is 12.6. The zero-order valence-electron chi connectivity index (χ0n) is 16.7. The van der Waals surface area contributed by atoms with Crippen LogP contribution in [0.1, 0.15) is 36.7 Å². The van der Waals surface area contributed by atoms with Crippen molar-refractivity contribution in [2.24, 2.45) is 0 Å². The first-order valence-electron chi connectivity index (χ1n) is 8.76. The number of ether oxygens (including phenoxy) is 2. The monoisotopic (exact) mass is 404 g/mol. The number of carbonyl (C=O) groups excluding carboxylic acids is 2. The number of benzene rings is 2. The Kier molecular flexibility index (Phi) is 6.91. The molecule has 2 amide bonds. The van der Waals surface area contributed by atoms with Gasteiger partial charge in [-0.25, -0.2) is 0 Å². The van der Waals surface area contributed by atoms with Crippen molar-refractivity contribution in [3.8, 4) is 11.5 Å². The van der Waals surface area contributed by atoms with Gasteiger partial charge in [-0.15, -0.1) is 0 Å². The van der Waals surface area contributed by atoms with Gasteiger partial charge in [-0.05, 0) is 57.2 Å². The summed E-state index contributed by atoms with van der Waals surface area (Å²) in [5, 5.41) is 6.20. The highest BCUT2D eigenvalue weighted by molar-refractivity contribution is 6.30. The Balaban J connectivity index is 2.22. The summed E-state index contributed by atoms with van der Waals surface area (Å²) in [4.78, 5) is 25.0. The highest BCUT2D eigenvalue weighted by atomic mass is 35.5. The van der Waals surface area contributed by atoms with Crippen LogP contribution in [0, 0.1) is 0 Å². The number of rotatable bonds is 6. The molecule has 0 atom stereocenters. The predicted octanol–water partition coefficient (Wildman–Crippen LogP) is 4.07. The molecule has 0 fully saturated rings. The lowest BCUT2D eigenvalue weighted by molar-refractivity contribution is -0.115. The second-order valence-electron chi connectivity index (χ2n) is 7.30. The Hall–Kier alpha value is -2.73. The second-order valence-corrected chi connectivity index (χ2v) is 7.74. The highest BCUT2D eigenvalue weighted by Crippen LogP contribution is 2.27. The number of carbonyl (C=O) groups is 2. The average Bonchev–Trinajstić information content (AvgIpc) is 2.60. The van der Waals surface area contributed by atoms with Crippen molar-refractivity contribution in [3.05, 3.63) is 52.5 Å². The summed E-state index contributed by atoms with van der Waals surface area (Å²) in [7, 11) is 3.03. The lowest BCUT2D eigenvalue weighted by Crippen LogP contribution is -2.40. The summed E-state index contributed by atoms with van der Waals surface area (Å²) >= 11 is 6.02. The van der Waals surface area contributed by atoms with Gasteiger partial charge in [0, 0.05) is 21.7 Å². The summed E-state index contributed by atoms with van der Waals surface area (Å²) in [5.41, 5.74) is 1.12. The van der Waals surface area contributed by atoms with E-state index in [0.717, 1.165) is 0 Å². The first kappa shape index (κ1) is 21.6. The fraction of sp³-hybridized carbons (Fsp3) is 0.333. The summed E-state index contributed by atoms with van der Waals surface area (Å²) in [6.07, 6.45) is 0.0608. The molecule has 150 valence electrons. The van der Waals surface area contributed by atoms with Crippen molar-refractivity contribution in [1.29, 1.82) is 0 Å². The van der Waals surface area contributed by atoms with Gasteiger partial charge in [0.05, 0.1) is 26.3 Å². The van der Waals surface area contributed by atoms with Crippen LogP contribution in [-0.4, -0.2) is 31.6 Å². The predicted molar refractivity (Wildman–Crippen MR) is 111 cm³/mol. The molecule has 2 rings (SSSR count). The minimum Gasteiger partial charge on any atom is -0.496 e. The van der Waals surface area contributed by atoms with Gasteiger partial charge in [0.25, 0.3) is 5.91 Å². The van der Waals surface area contributed by atoms with E-state index in [4.69, 9.17) is 21.1 Å². The molecular weight excluding hydrogens is 380 g/mol. The normalized spacial score (nSPS) is 10.9. The van der Waals surface area contributed by atoms with Gasteiger partial charge in [0.2, 0.25) is 5.91 Å². The molecular formula is C21H25ClN2O4. The highest BCUT2D eigenvalue weighted by Gasteiger charge is 2.18. The molecule has 2 aromatic rings. The van der Waals surface area contributed by atoms with Crippen molar-refractivity contribution in [2.75, 3.05) is 19.5 Å². The van der Waals surface area contributed by atoms with Gasteiger partial charge in [-0.1, -0.05) is 11.6 Å². The number of hydrogen-bond donors (Lipinski definition) is 2. The van der Waals surface area contributed by atoms with Gasteiger partial charge in [0.15, 0.2) is 0 Å². The molecule has 0 unspecified atom stereocenters. The van der Waals surface area contributed by atoms with Crippen LogP contribution in [0.15, 0.2) is 36.4 Å². The van der Waals surface area contributed by atoms with Crippen LogP contribution in [0.25, 0.3) is 0 Å². The number of anilines is 1. The van der Waals surface area contributed by atoms with Crippen molar-refractivity contribution >= 4 is 29.1 Å². The first-order chi connectivity index (χ1) is 13.1. The van der Waals surface area contributed by atoms with E-state index in [9.17, 15) is 9.59 Å². The molecule has 0 aromatic heterocycles. The molecule has 0 radical (unpaired) electrons. The van der Waals surface area contributed by atoms with E-state index in [2.05, 4.69) is 10.6 Å². The molecule has 0 spiro atoms. The molecule has 0 aliphatic rings. The first-order valence-corrected chi connectivity index (χ1v) is 9.13. The SMILES string of the molecule is COc1ccc(Cl)cc1CC(=O)Nc1cc(C(=O)NC(C)(C)C)ccc1OC. The molecule has 0 bridgehead atoms. The number of amides is 2. The Morgan fingerprint density at radius 1 is 1.00 bits per heavy atom. The van der Waals surface area contributed by atoms with Crippen LogP contribution in [0.5, 0.6) is 11.5 Å². The molecule has 0 saturated heterocycles. The van der Waals surface area contributed by atoms with Gasteiger partial charge < -0.3 is 20.1 Å². The number of hydrogen-bond acceptors (Lipinski definition) is 4. The molecule has 2 N–H and O–H groups in total. The third kappa shape index (κ3) is 5.89. The third-order valence-electron chi connectivity index (χ3n) is 3.82. The van der Waals surface area contributed by atoms with Crippen molar-refractivity contribution in [1.82, 2.24) is 5.32 Å². The minimum absolute atomic E-state index is 0.0608. The van der Waals surface area contributed by atoms with E-state index in [-0.39, 0.29) is 23.8 Å². The van der Waals surface area contributed by atoms with Crippen LogP contribution >= 0.6 is 11.6 Å². The summed E-state index contributed by atoms with van der Waals surface area (Å²) in [6, 6.07) is 9.98. The Bertz CT molecular complexity index is 875. The lowest BCUT2D eigenvalue weighted by Gasteiger charge is -2.21. The number of methoxy groups -OCH3 is 2. The molecule has 6 nitrogen and oxygen atoms in total. The van der Waals surface area contributed by atoms with Crippen LogP contribution < -0.4 is 20.1 Å². The molecule has 0 saturated carbocycles. The van der Waals surface area contributed by atoms with E-state index in [1.54, 1.807) is 36.4 Å². The molecule has 2 aromatic carbocycles. The largest absolute Gasteiger partial charge is 0.496 e. The van der Waals surface area contributed by atoms with Crippen LogP contribution in [-0.2, 0) is 11.2 Å². The molecule has 28 heavy (non-hydrogen) atoms. The lowest BCUT2D eigenvalue weighted by atomic mass is 10.1. The van der Waals surface area contributed by atoms with Crippen LogP contribution in [0.4, 0.5) is 5.69 Å². The number of nitrogens with one attached hydrogen (secondary N) is 2. The van der Waals surface area contributed by atoms with Crippen LogP contribution in [0.3, 0.4) is 0 Å². The second kappa shape index (κ2) is 8.97. The summed E-state index contributed by atoms with van der Waals surface area (Å²) in [5.74, 6) is 0.512. The van der Waals surface area contributed by atoms with Gasteiger partial charge >= 0.3 is 0 Å². The molecule has 0 aliphatic heterocycles. The van der Waals surface area contributed by atoms with E-state index in [1.165, 1.54) is 14.2 Å². The Morgan fingerprint density at radius 2 is 1.64 bits per heavy atom. The smallest absolute Gasteiger partial charge is 0.251 e. The number of halogens is 1. The minimum atomic E-state index is -0.371.